The van der Waals surface area contributed by atoms with Crippen molar-refractivity contribution in [2.24, 2.45) is 0 Å². The van der Waals surface area contributed by atoms with Crippen LogP contribution in [0.2, 0.25) is 0 Å². The predicted octanol–water partition coefficient (Wildman–Crippen LogP) is 8.99. The second-order valence-electron chi connectivity index (χ2n) is 8.25. The van der Waals surface area contributed by atoms with E-state index in [1.807, 2.05) is 12.3 Å². The second kappa shape index (κ2) is 16.1. The van der Waals surface area contributed by atoms with Crippen LogP contribution in [0.1, 0.15) is 90.9 Å². The van der Waals surface area contributed by atoms with E-state index in [-0.39, 0.29) is 0 Å². The maximum absolute atomic E-state index is 6.20. The molecule has 1 aromatic heterocycles. The molecule has 0 aliphatic carbocycles. The van der Waals surface area contributed by atoms with E-state index in [1.54, 1.807) is 6.20 Å². The summed E-state index contributed by atoms with van der Waals surface area (Å²) in [5, 5.41) is 0. The van der Waals surface area contributed by atoms with Crippen molar-refractivity contribution in [2.45, 2.75) is 90.9 Å². The molecule has 0 unspecified atom stereocenters. The van der Waals surface area contributed by atoms with Crippen LogP contribution in [0.4, 0.5) is 0 Å². The SMILES string of the molecule is CCCCCCCCOc1cc(Br)c(-c2cccnc2)cc1OCCCCCCCC. The van der Waals surface area contributed by atoms with Gasteiger partial charge >= 0.3 is 0 Å². The average Bonchev–Trinajstić information content (AvgIpc) is 2.79. The van der Waals surface area contributed by atoms with Crippen LogP contribution >= 0.6 is 15.9 Å². The van der Waals surface area contributed by atoms with E-state index in [1.165, 1.54) is 64.2 Å². The fourth-order valence-electron chi connectivity index (χ4n) is 3.63. The Bertz CT molecular complexity index is 721. The number of aromatic nitrogens is 1. The van der Waals surface area contributed by atoms with Gasteiger partial charge in [-0.3, -0.25) is 4.98 Å². The Morgan fingerprint density at radius 2 is 1.29 bits per heavy atom. The third-order valence-electron chi connectivity index (χ3n) is 5.52. The number of rotatable bonds is 17. The molecule has 0 N–H and O–H groups in total. The van der Waals surface area contributed by atoms with Crippen molar-refractivity contribution >= 4 is 15.9 Å². The first-order chi connectivity index (χ1) is 15.3. The molecule has 0 amide bonds. The second-order valence-corrected chi connectivity index (χ2v) is 9.11. The Morgan fingerprint density at radius 3 is 1.84 bits per heavy atom. The van der Waals surface area contributed by atoms with E-state index in [4.69, 9.17) is 9.47 Å². The highest BCUT2D eigenvalue weighted by molar-refractivity contribution is 9.10. The molecular formula is C27H40BrNO2. The molecule has 0 aliphatic heterocycles. The van der Waals surface area contributed by atoms with Crippen LogP contribution in [-0.4, -0.2) is 18.2 Å². The Balaban J connectivity index is 1.96. The summed E-state index contributed by atoms with van der Waals surface area (Å²) in [5.74, 6) is 1.67. The van der Waals surface area contributed by atoms with Gasteiger partial charge in [0.15, 0.2) is 11.5 Å². The summed E-state index contributed by atoms with van der Waals surface area (Å²) in [5.41, 5.74) is 2.15. The van der Waals surface area contributed by atoms with E-state index in [0.717, 1.165) is 53.2 Å². The standard InChI is InChI=1S/C27H40BrNO2/c1-3-5-7-9-11-13-18-30-26-20-24(23-16-15-17-29-22-23)25(28)21-27(26)31-19-14-12-10-8-6-4-2/h15-17,20-22H,3-14,18-19H2,1-2H3. The van der Waals surface area contributed by atoms with Gasteiger partial charge in [0.2, 0.25) is 0 Å². The van der Waals surface area contributed by atoms with Crippen LogP contribution in [0.3, 0.4) is 0 Å². The molecule has 0 radical (unpaired) electrons. The van der Waals surface area contributed by atoms with E-state index in [2.05, 4.69) is 53.0 Å². The average molecular weight is 491 g/mol. The molecular weight excluding hydrogens is 450 g/mol. The summed E-state index contributed by atoms with van der Waals surface area (Å²) in [7, 11) is 0. The highest BCUT2D eigenvalue weighted by Gasteiger charge is 2.13. The number of pyridine rings is 1. The number of ether oxygens (including phenoxy) is 2. The number of benzene rings is 1. The van der Waals surface area contributed by atoms with Crippen molar-refractivity contribution in [1.29, 1.82) is 0 Å². The molecule has 0 bridgehead atoms. The van der Waals surface area contributed by atoms with Gasteiger partial charge in [-0.15, -0.1) is 0 Å². The van der Waals surface area contributed by atoms with Crippen LogP contribution < -0.4 is 9.47 Å². The normalized spacial score (nSPS) is 10.9. The van der Waals surface area contributed by atoms with E-state index >= 15 is 0 Å². The van der Waals surface area contributed by atoms with Crippen molar-refractivity contribution in [3.05, 3.63) is 41.1 Å². The minimum atomic E-state index is 0.730. The van der Waals surface area contributed by atoms with Gasteiger partial charge < -0.3 is 9.47 Å². The molecule has 172 valence electrons. The van der Waals surface area contributed by atoms with E-state index < -0.39 is 0 Å². The molecule has 31 heavy (non-hydrogen) atoms. The van der Waals surface area contributed by atoms with Gasteiger partial charge in [0.25, 0.3) is 0 Å². The molecule has 4 heteroatoms. The molecule has 1 aromatic carbocycles. The monoisotopic (exact) mass is 489 g/mol. The highest BCUT2D eigenvalue weighted by Crippen LogP contribution is 2.39. The minimum absolute atomic E-state index is 0.730. The maximum atomic E-state index is 6.20. The lowest BCUT2D eigenvalue weighted by Crippen LogP contribution is -2.03. The lowest BCUT2D eigenvalue weighted by molar-refractivity contribution is 0.258. The summed E-state index contributed by atoms with van der Waals surface area (Å²) >= 11 is 3.72. The molecule has 1 heterocycles. The van der Waals surface area contributed by atoms with Gasteiger partial charge in [-0.05, 0) is 31.0 Å². The fourth-order valence-corrected chi connectivity index (χ4v) is 4.18. The van der Waals surface area contributed by atoms with Gasteiger partial charge in [0, 0.05) is 28.0 Å². The van der Waals surface area contributed by atoms with Crippen LogP contribution in [0, 0.1) is 0 Å². The zero-order chi connectivity index (χ0) is 22.2. The smallest absolute Gasteiger partial charge is 0.162 e. The minimum Gasteiger partial charge on any atom is -0.490 e. The molecule has 2 rings (SSSR count). The largest absolute Gasteiger partial charge is 0.490 e. The number of nitrogens with zero attached hydrogens (tertiary/aromatic N) is 1. The van der Waals surface area contributed by atoms with E-state index in [9.17, 15) is 0 Å². The van der Waals surface area contributed by atoms with Crippen molar-refractivity contribution in [2.75, 3.05) is 13.2 Å². The topological polar surface area (TPSA) is 31.4 Å². The van der Waals surface area contributed by atoms with Crippen LogP contribution in [-0.2, 0) is 0 Å². The first kappa shape index (κ1) is 25.7. The number of hydrogen-bond acceptors (Lipinski definition) is 3. The Labute approximate surface area is 198 Å². The molecule has 0 spiro atoms. The third-order valence-corrected chi connectivity index (χ3v) is 6.17. The van der Waals surface area contributed by atoms with Crippen molar-refractivity contribution in [3.63, 3.8) is 0 Å². The summed E-state index contributed by atoms with van der Waals surface area (Å²) < 4.78 is 13.4. The summed E-state index contributed by atoms with van der Waals surface area (Å²) in [6, 6.07) is 8.17. The van der Waals surface area contributed by atoms with Crippen molar-refractivity contribution in [3.8, 4) is 22.6 Å². The molecule has 0 saturated heterocycles. The lowest BCUT2D eigenvalue weighted by atomic mass is 10.1. The first-order valence-corrected chi connectivity index (χ1v) is 13.0. The molecule has 0 aliphatic rings. The van der Waals surface area contributed by atoms with Gasteiger partial charge in [-0.1, -0.05) is 100 Å². The highest BCUT2D eigenvalue weighted by atomic mass is 79.9. The third kappa shape index (κ3) is 10.1. The molecule has 0 saturated carbocycles. The zero-order valence-corrected chi connectivity index (χ0v) is 21.1. The quantitative estimate of drug-likeness (QED) is 0.207. The van der Waals surface area contributed by atoms with Gasteiger partial charge in [0.1, 0.15) is 0 Å². The molecule has 0 atom stereocenters. The van der Waals surface area contributed by atoms with E-state index in [0.29, 0.717) is 0 Å². The Kier molecular flexibility index (Phi) is 13.4. The number of unbranched alkanes of at least 4 members (excludes halogenated alkanes) is 10. The molecule has 0 fully saturated rings. The maximum Gasteiger partial charge on any atom is 0.162 e. The zero-order valence-electron chi connectivity index (χ0n) is 19.5. The van der Waals surface area contributed by atoms with Crippen molar-refractivity contribution < 1.29 is 9.47 Å². The van der Waals surface area contributed by atoms with Gasteiger partial charge in [-0.2, -0.15) is 0 Å². The van der Waals surface area contributed by atoms with Gasteiger partial charge in [0.05, 0.1) is 13.2 Å². The summed E-state index contributed by atoms with van der Waals surface area (Å²) in [6.45, 7) is 5.97. The predicted molar refractivity (Wildman–Crippen MR) is 135 cm³/mol. The Hall–Kier alpha value is -1.55. The lowest BCUT2D eigenvalue weighted by Gasteiger charge is -2.16. The van der Waals surface area contributed by atoms with Gasteiger partial charge in [-0.25, -0.2) is 0 Å². The fraction of sp³-hybridized carbons (Fsp3) is 0.593. The molecule has 3 nitrogen and oxygen atoms in total. The molecule has 2 aromatic rings. The van der Waals surface area contributed by atoms with Crippen molar-refractivity contribution in [1.82, 2.24) is 4.98 Å². The summed E-state index contributed by atoms with van der Waals surface area (Å²) in [4.78, 5) is 4.26. The first-order valence-electron chi connectivity index (χ1n) is 12.3. The van der Waals surface area contributed by atoms with Crippen LogP contribution in [0.5, 0.6) is 11.5 Å². The number of halogens is 1. The summed E-state index contributed by atoms with van der Waals surface area (Å²) in [6.07, 6.45) is 18.8. The van der Waals surface area contributed by atoms with Crippen LogP contribution in [0.15, 0.2) is 41.1 Å². The Morgan fingerprint density at radius 1 is 0.742 bits per heavy atom. The number of hydrogen-bond donors (Lipinski definition) is 0. The van der Waals surface area contributed by atoms with Crippen LogP contribution in [0.25, 0.3) is 11.1 Å².